The van der Waals surface area contributed by atoms with E-state index in [-0.39, 0.29) is 5.91 Å². The molecule has 0 unspecified atom stereocenters. The fraction of sp³-hybridized carbons (Fsp3) is 0.0667. The van der Waals surface area contributed by atoms with Gasteiger partial charge in [-0.1, -0.05) is 22.0 Å². The van der Waals surface area contributed by atoms with Crippen molar-refractivity contribution in [2.24, 2.45) is 0 Å². The first-order chi connectivity index (χ1) is 10.0. The standard InChI is InChI=1S/C15H13BrN4O/c1-8-2-4-10(7-12(8)16)18-15(21)14-11-6-9(17)3-5-13(11)19-20-14/h2-7H,17H2,1H3,(H,18,21)(H,19,20). The number of carbonyl (C=O) groups excluding carboxylic acids is 1. The third-order valence-corrected chi connectivity index (χ3v) is 4.09. The second kappa shape index (κ2) is 5.21. The fourth-order valence-corrected chi connectivity index (χ4v) is 2.44. The number of H-pyrrole nitrogens is 1. The van der Waals surface area contributed by atoms with Crippen molar-refractivity contribution in [3.05, 3.63) is 52.1 Å². The van der Waals surface area contributed by atoms with Crippen molar-refractivity contribution in [2.45, 2.75) is 6.92 Å². The molecule has 1 amide bonds. The van der Waals surface area contributed by atoms with Gasteiger partial charge in [-0.2, -0.15) is 5.10 Å². The van der Waals surface area contributed by atoms with Gasteiger partial charge in [0.1, 0.15) is 0 Å². The third kappa shape index (κ3) is 2.62. The number of rotatable bonds is 2. The second-order valence-electron chi connectivity index (χ2n) is 4.80. The predicted octanol–water partition coefficient (Wildman–Crippen LogP) is 3.47. The first-order valence-electron chi connectivity index (χ1n) is 6.36. The number of halogens is 1. The number of hydrogen-bond donors (Lipinski definition) is 3. The van der Waals surface area contributed by atoms with E-state index in [9.17, 15) is 4.79 Å². The summed E-state index contributed by atoms with van der Waals surface area (Å²) in [5, 5.41) is 10.4. The maximum Gasteiger partial charge on any atom is 0.276 e. The average molecular weight is 345 g/mol. The molecule has 0 saturated heterocycles. The largest absolute Gasteiger partial charge is 0.399 e. The van der Waals surface area contributed by atoms with Crippen LogP contribution >= 0.6 is 15.9 Å². The molecular formula is C15H13BrN4O. The zero-order valence-electron chi connectivity index (χ0n) is 11.3. The molecule has 0 fully saturated rings. The molecule has 21 heavy (non-hydrogen) atoms. The van der Waals surface area contributed by atoms with E-state index in [1.165, 1.54) is 0 Å². The lowest BCUT2D eigenvalue weighted by Crippen LogP contribution is -2.12. The van der Waals surface area contributed by atoms with Gasteiger partial charge >= 0.3 is 0 Å². The maximum absolute atomic E-state index is 12.3. The van der Waals surface area contributed by atoms with Gasteiger partial charge in [0.15, 0.2) is 5.69 Å². The van der Waals surface area contributed by atoms with Crippen LogP contribution in [-0.4, -0.2) is 16.1 Å². The quantitative estimate of drug-likeness (QED) is 0.622. The molecule has 0 aliphatic rings. The minimum absolute atomic E-state index is 0.275. The Morgan fingerprint density at radius 1 is 1.29 bits per heavy atom. The van der Waals surface area contributed by atoms with Gasteiger partial charge in [0.2, 0.25) is 0 Å². The highest BCUT2D eigenvalue weighted by Crippen LogP contribution is 2.23. The number of anilines is 2. The van der Waals surface area contributed by atoms with Crippen LogP contribution in [0.25, 0.3) is 10.9 Å². The average Bonchev–Trinajstić information content (AvgIpc) is 2.86. The summed E-state index contributed by atoms with van der Waals surface area (Å²) in [6.45, 7) is 1.99. The fourth-order valence-electron chi connectivity index (χ4n) is 2.07. The predicted molar refractivity (Wildman–Crippen MR) is 87.3 cm³/mol. The van der Waals surface area contributed by atoms with Crippen LogP contribution in [0.5, 0.6) is 0 Å². The Morgan fingerprint density at radius 3 is 2.86 bits per heavy atom. The Bertz CT molecular complexity index is 841. The summed E-state index contributed by atoms with van der Waals surface area (Å²) in [7, 11) is 0. The third-order valence-electron chi connectivity index (χ3n) is 3.23. The van der Waals surface area contributed by atoms with E-state index in [4.69, 9.17) is 5.73 Å². The number of aromatic amines is 1. The number of hydrogen-bond acceptors (Lipinski definition) is 3. The Morgan fingerprint density at radius 2 is 2.10 bits per heavy atom. The molecule has 3 aromatic rings. The second-order valence-corrected chi connectivity index (χ2v) is 5.65. The van der Waals surface area contributed by atoms with Gasteiger partial charge in [0, 0.05) is 21.2 Å². The zero-order chi connectivity index (χ0) is 15.0. The van der Waals surface area contributed by atoms with Crippen molar-refractivity contribution < 1.29 is 4.79 Å². The van der Waals surface area contributed by atoms with E-state index >= 15 is 0 Å². The van der Waals surface area contributed by atoms with E-state index in [1.807, 2.05) is 25.1 Å². The molecule has 1 heterocycles. The molecule has 0 atom stereocenters. The molecular weight excluding hydrogens is 332 g/mol. The summed E-state index contributed by atoms with van der Waals surface area (Å²) in [4.78, 5) is 12.3. The molecule has 106 valence electrons. The summed E-state index contributed by atoms with van der Waals surface area (Å²) in [6, 6.07) is 10.9. The summed E-state index contributed by atoms with van der Waals surface area (Å²) in [5.41, 5.74) is 9.27. The van der Waals surface area contributed by atoms with E-state index in [2.05, 4.69) is 31.4 Å². The lowest BCUT2D eigenvalue weighted by molar-refractivity contribution is 0.102. The molecule has 0 radical (unpaired) electrons. The molecule has 1 aromatic heterocycles. The zero-order valence-corrected chi connectivity index (χ0v) is 12.9. The number of fused-ring (bicyclic) bond motifs is 1. The van der Waals surface area contributed by atoms with E-state index in [1.54, 1.807) is 18.2 Å². The number of aromatic nitrogens is 2. The smallest absolute Gasteiger partial charge is 0.276 e. The number of carbonyl (C=O) groups is 1. The first kappa shape index (κ1) is 13.6. The number of aryl methyl sites for hydroxylation is 1. The van der Waals surface area contributed by atoms with Gasteiger partial charge in [-0.3, -0.25) is 9.89 Å². The molecule has 3 rings (SSSR count). The lowest BCUT2D eigenvalue weighted by atomic mass is 10.1. The highest BCUT2D eigenvalue weighted by molar-refractivity contribution is 9.10. The van der Waals surface area contributed by atoms with Gasteiger partial charge < -0.3 is 11.1 Å². The van der Waals surface area contributed by atoms with Crippen molar-refractivity contribution >= 4 is 44.1 Å². The summed E-state index contributed by atoms with van der Waals surface area (Å²) < 4.78 is 0.941. The van der Waals surface area contributed by atoms with Crippen molar-refractivity contribution in [1.29, 1.82) is 0 Å². The molecule has 0 aliphatic carbocycles. The Hall–Kier alpha value is -2.34. The molecule has 5 nitrogen and oxygen atoms in total. The number of nitrogens with one attached hydrogen (secondary N) is 2. The van der Waals surface area contributed by atoms with Gasteiger partial charge in [0.05, 0.1) is 5.52 Å². The van der Waals surface area contributed by atoms with Crippen molar-refractivity contribution in [3.8, 4) is 0 Å². The highest BCUT2D eigenvalue weighted by Gasteiger charge is 2.14. The SMILES string of the molecule is Cc1ccc(NC(=O)c2n[nH]c3ccc(N)cc23)cc1Br. The normalized spacial score (nSPS) is 10.8. The van der Waals surface area contributed by atoms with E-state index in [0.717, 1.165) is 15.6 Å². The molecule has 4 N–H and O–H groups in total. The van der Waals surface area contributed by atoms with Crippen LogP contribution in [0.2, 0.25) is 0 Å². The van der Waals surface area contributed by atoms with Crippen LogP contribution in [0.1, 0.15) is 16.1 Å². The van der Waals surface area contributed by atoms with Crippen molar-refractivity contribution in [1.82, 2.24) is 10.2 Å². The van der Waals surface area contributed by atoms with Gasteiger partial charge in [-0.25, -0.2) is 0 Å². The molecule has 0 aliphatic heterocycles. The first-order valence-corrected chi connectivity index (χ1v) is 7.15. The Labute approximate surface area is 129 Å². The van der Waals surface area contributed by atoms with Gasteiger partial charge in [-0.15, -0.1) is 0 Å². The molecule has 0 saturated carbocycles. The van der Waals surface area contributed by atoms with E-state index in [0.29, 0.717) is 22.5 Å². The Balaban J connectivity index is 1.93. The van der Waals surface area contributed by atoms with Crippen LogP contribution < -0.4 is 11.1 Å². The summed E-state index contributed by atoms with van der Waals surface area (Å²) >= 11 is 3.44. The minimum Gasteiger partial charge on any atom is -0.399 e. The van der Waals surface area contributed by atoms with Gasteiger partial charge in [0.25, 0.3) is 5.91 Å². The number of benzene rings is 2. The van der Waals surface area contributed by atoms with Crippen molar-refractivity contribution in [3.63, 3.8) is 0 Å². The Kier molecular flexibility index (Phi) is 3.39. The minimum atomic E-state index is -0.275. The summed E-state index contributed by atoms with van der Waals surface area (Å²) in [6.07, 6.45) is 0. The highest BCUT2D eigenvalue weighted by atomic mass is 79.9. The van der Waals surface area contributed by atoms with Crippen LogP contribution in [0.15, 0.2) is 40.9 Å². The van der Waals surface area contributed by atoms with E-state index < -0.39 is 0 Å². The number of nitrogens with two attached hydrogens (primary N) is 1. The topological polar surface area (TPSA) is 83.8 Å². The number of nitrogen functional groups attached to an aromatic ring is 1. The number of amides is 1. The lowest BCUT2D eigenvalue weighted by Gasteiger charge is -2.06. The van der Waals surface area contributed by atoms with Crippen LogP contribution in [0.4, 0.5) is 11.4 Å². The summed E-state index contributed by atoms with van der Waals surface area (Å²) in [5.74, 6) is -0.275. The van der Waals surface area contributed by atoms with Crippen LogP contribution in [0.3, 0.4) is 0 Å². The molecule has 0 bridgehead atoms. The molecule has 6 heteroatoms. The molecule has 2 aromatic carbocycles. The van der Waals surface area contributed by atoms with Gasteiger partial charge in [-0.05, 0) is 42.8 Å². The van der Waals surface area contributed by atoms with Crippen molar-refractivity contribution in [2.75, 3.05) is 11.1 Å². The maximum atomic E-state index is 12.3. The molecule has 0 spiro atoms. The van der Waals surface area contributed by atoms with Crippen LogP contribution in [-0.2, 0) is 0 Å². The number of nitrogens with zero attached hydrogens (tertiary/aromatic N) is 1. The monoisotopic (exact) mass is 344 g/mol. The van der Waals surface area contributed by atoms with Crippen LogP contribution in [0, 0.1) is 6.92 Å².